The fourth-order valence-electron chi connectivity index (χ4n) is 3.45. The van der Waals surface area contributed by atoms with Crippen LogP contribution in [0.15, 0.2) is 42.6 Å². The number of carbonyl (C=O) groups excluding carboxylic acids is 1. The molecule has 9 nitrogen and oxygen atoms in total. The number of rotatable bonds is 12. The molecule has 0 saturated heterocycles. The topological polar surface area (TPSA) is 136 Å². The van der Waals surface area contributed by atoms with Crippen LogP contribution in [0, 0.1) is 0 Å². The van der Waals surface area contributed by atoms with E-state index in [1.54, 1.807) is 12.1 Å². The molecule has 0 unspecified atom stereocenters. The number of aryl methyl sites for hydroxylation is 1. The molecule has 0 atom stereocenters. The van der Waals surface area contributed by atoms with Crippen molar-refractivity contribution in [1.82, 2.24) is 10.3 Å². The van der Waals surface area contributed by atoms with Gasteiger partial charge in [-0.3, -0.25) is 14.6 Å². The number of methoxy groups -OCH3 is 1. The number of benzene rings is 2. The average molecular weight is 453 g/mol. The summed E-state index contributed by atoms with van der Waals surface area (Å²) in [7, 11) is 1.54. The van der Waals surface area contributed by atoms with Gasteiger partial charge in [0.25, 0.3) is 5.91 Å². The first kappa shape index (κ1) is 23.8. The third-order valence-electron chi connectivity index (χ3n) is 5.11. The van der Waals surface area contributed by atoms with Crippen molar-refractivity contribution in [2.45, 2.75) is 19.8 Å². The number of carboxylic acid groups (broad SMARTS) is 1. The summed E-state index contributed by atoms with van der Waals surface area (Å²) in [6.45, 7) is 2.80. The second-order valence-electron chi connectivity index (χ2n) is 7.34. The molecule has 0 aliphatic rings. The average Bonchev–Trinajstić information content (AvgIpc) is 2.81. The van der Waals surface area contributed by atoms with Gasteiger partial charge in [0.15, 0.2) is 11.5 Å². The molecule has 0 radical (unpaired) electrons. The van der Waals surface area contributed by atoms with Crippen molar-refractivity contribution in [3.8, 4) is 11.5 Å². The lowest BCUT2D eigenvalue weighted by Crippen LogP contribution is -2.24. The van der Waals surface area contributed by atoms with Crippen LogP contribution in [0.25, 0.3) is 10.9 Å². The second-order valence-corrected chi connectivity index (χ2v) is 7.34. The number of primary amides is 1. The molecule has 5 N–H and O–H groups in total. The molecular weight excluding hydrogens is 424 g/mol. The number of fused-ring (bicyclic) bond motifs is 1. The zero-order valence-electron chi connectivity index (χ0n) is 18.7. The first-order valence-electron chi connectivity index (χ1n) is 10.6. The Balaban J connectivity index is 1.96. The number of anilines is 2. The van der Waals surface area contributed by atoms with Crippen LogP contribution < -0.4 is 25.8 Å². The van der Waals surface area contributed by atoms with Gasteiger partial charge in [-0.15, -0.1) is 0 Å². The van der Waals surface area contributed by atoms with E-state index in [1.807, 2.05) is 24.3 Å². The minimum atomic E-state index is -0.908. The van der Waals surface area contributed by atoms with E-state index in [2.05, 4.69) is 22.5 Å². The summed E-state index contributed by atoms with van der Waals surface area (Å²) >= 11 is 0. The molecule has 1 aromatic heterocycles. The van der Waals surface area contributed by atoms with Crippen molar-refractivity contribution in [2.24, 2.45) is 5.73 Å². The molecule has 3 rings (SSSR count). The smallest absolute Gasteiger partial charge is 0.317 e. The first-order chi connectivity index (χ1) is 15.9. The van der Waals surface area contributed by atoms with Crippen LogP contribution in [0.3, 0.4) is 0 Å². The Bertz CT molecular complexity index is 1150. The Morgan fingerprint density at radius 3 is 2.67 bits per heavy atom. The number of ether oxygens (including phenoxy) is 2. The van der Waals surface area contributed by atoms with Crippen molar-refractivity contribution < 1.29 is 24.2 Å². The van der Waals surface area contributed by atoms with Crippen molar-refractivity contribution in [3.63, 3.8) is 0 Å². The standard InChI is InChI=1S/C24H28N4O5/c1-3-15-7-4-5-8-18(15)28-23-16-11-21(33-10-6-9-26-14-22(29)30)20(32-2)12-19(16)27-13-17(23)24(25)31/h4-5,7-8,11-13,26H,3,6,9-10,14H2,1-2H3,(H2,25,31)(H,27,28)(H,29,30). The Hall–Kier alpha value is -3.85. The van der Waals surface area contributed by atoms with Gasteiger partial charge in [0.1, 0.15) is 0 Å². The van der Waals surface area contributed by atoms with E-state index in [0.717, 1.165) is 17.7 Å². The summed E-state index contributed by atoms with van der Waals surface area (Å²) in [5.74, 6) is -0.517. The van der Waals surface area contributed by atoms with Gasteiger partial charge in [-0.1, -0.05) is 25.1 Å². The van der Waals surface area contributed by atoms with Gasteiger partial charge in [-0.2, -0.15) is 0 Å². The highest BCUT2D eigenvalue weighted by atomic mass is 16.5. The highest BCUT2D eigenvalue weighted by Gasteiger charge is 2.18. The molecule has 0 saturated carbocycles. The summed E-state index contributed by atoms with van der Waals surface area (Å²) in [6, 6.07) is 11.4. The molecule has 0 aliphatic carbocycles. The molecule has 33 heavy (non-hydrogen) atoms. The number of carboxylic acids is 1. The van der Waals surface area contributed by atoms with E-state index < -0.39 is 11.9 Å². The van der Waals surface area contributed by atoms with Crippen LogP contribution in [0.2, 0.25) is 0 Å². The van der Waals surface area contributed by atoms with Crippen LogP contribution in [0.5, 0.6) is 11.5 Å². The van der Waals surface area contributed by atoms with Crippen LogP contribution in [0.1, 0.15) is 29.3 Å². The number of aliphatic carboxylic acids is 1. The van der Waals surface area contributed by atoms with Gasteiger partial charge in [0.2, 0.25) is 0 Å². The third kappa shape index (κ3) is 5.89. The zero-order valence-corrected chi connectivity index (χ0v) is 18.7. The summed E-state index contributed by atoms with van der Waals surface area (Å²) < 4.78 is 11.4. The molecule has 0 bridgehead atoms. The molecule has 1 amide bonds. The third-order valence-corrected chi connectivity index (χ3v) is 5.11. The number of nitrogens with one attached hydrogen (secondary N) is 2. The van der Waals surface area contributed by atoms with Gasteiger partial charge in [-0.25, -0.2) is 0 Å². The largest absolute Gasteiger partial charge is 0.493 e. The molecule has 174 valence electrons. The first-order valence-corrected chi connectivity index (χ1v) is 10.6. The monoisotopic (exact) mass is 452 g/mol. The van der Waals surface area contributed by atoms with Crippen LogP contribution in [-0.4, -0.2) is 48.8 Å². The predicted octanol–water partition coefficient (Wildman–Crippen LogP) is 3.09. The fraction of sp³-hybridized carbons (Fsp3) is 0.292. The molecule has 0 fully saturated rings. The number of hydrogen-bond donors (Lipinski definition) is 4. The Kier molecular flexibility index (Phi) is 8.04. The van der Waals surface area contributed by atoms with Crippen molar-refractivity contribution in [3.05, 3.63) is 53.7 Å². The zero-order chi connectivity index (χ0) is 23.8. The summed E-state index contributed by atoms with van der Waals surface area (Å²) in [4.78, 5) is 27.2. The quantitative estimate of drug-likeness (QED) is 0.308. The molecular formula is C24H28N4O5. The van der Waals surface area contributed by atoms with E-state index in [-0.39, 0.29) is 12.1 Å². The highest BCUT2D eigenvalue weighted by Crippen LogP contribution is 2.37. The number of carbonyl (C=O) groups is 2. The minimum absolute atomic E-state index is 0.102. The highest BCUT2D eigenvalue weighted by molar-refractivity contribution is 6.08. The Labute approximate surface area is 191 Å². The number of hydrogen-bond acceptors (Lipinski definition) is 7. The van der Waals surface area contributed by atoms with Gasteiger partial charge < -0.3 is 30.9 Å². The number of aromatic nitrogens is 1. The van der Waals surface area contributed by atoms with Gasteiger partial charge in [0, 0.05) is 23.3 Å². The Morgan fingerprint density at radius 1 is 1.18 bits per heavy atom. The van der Waals surface area contributed by atoms with Crippen molar-refractivity contribution >= 4 is 34.2 Å². The van der Waals surface area contributed by atoms with Crippen molar-refractivity contribution in [2.75, 3.05) is 32.1 Å². The lowest BCUT2D eigenvalue weighted by molar-refractivity contribution is -0.135. The maximum absolute atomic E-state index is 12.2. The lowest BCUT2D eigenvalue weighted by atomic mass is 10.1. The number of nitrogens with zero attached hydrogens (tertiary/aromatic N) is 1. The molecule has 0 spiro atoms. The minimum Gasteiger partial charge on any atom is -0.493 e. The van der Waals surface area contributed by atoms with E-state index in [0.29, 0.717) is 47.7 Å². The van der Waals surface area contributed by atoms with Crippen LogP contribution in [-0.2, 0) is 11.2 Å². The summed E-state index contributed by atoms with van der Waals surface area (Å²) in [5, 5.41) is 15.5. The Morgan fingerprint density at radius 2 is 1.97 bits per heavy atom. The molecule has 9 heteroatoms. The normalized spacial score (nSPS) is 10.7. The van der Waals surface area contributed by atoms with Crippen LogP contribution in [0.4, 0.5) is 11.4 Å². The maximum Gasteiger partial charge on any atom is 0.317 e. The summed E-state index contributed by atoms with van der Waals surface area (Å²) in [5.41, 5.74) is 9.04. The van der Waals surface area contributed by atoms with Gasteiger partial charge in [0.05, 0.1) is 37.0 Å². The molecule has 1 heterocycles. The van der Waals surface area contributed by atoms with E-state index >= 15 is 0 Å². The number of para-hydroxylation sites is 1. The van der Waals surface area contributed by atoms with Gasteiger partial charge >= 0.3 is 5.97 Å². The number of amides is 1. The fourth-order valence-corrected chi connectivity index (χ4v) is 3.45. The molecule has 2 aromatic carbocycles. The van der Waals surface area contributed by atoms with E-state index in [9.17, 15) is 9.59 Å². The van der Waals surface area contributed by atoms with Crippen LogP contribution >= 0.6 is 0 Å². The molecule has 0 aliphatic heterocycles. The van der Waals surface area contributed by atoms with E-state index in [1.165, 1.54) is 13.3 Å². The SMILES string of the molecule is CCc1ccccc1Nc1c(C(N)=O)cnc2cc(OC)c(OCCCNCC(=O)O)cc12. The number of nitrogens with two attached hydrogens (primary N) is 1. The molecule has 3 aromatic rings. The predicted molar refractivity (Wildman–Crippen MR) is 127 cm³/mol. The summed E-state index contributed by atoms with van der Waals surface area (Å²) in [6.07, 6.45) is 2.87. The van der Waals surface area contributed by atoms with Crippen molar-refractivity contribution in [1.29, 1.82) is 0 Å². The van der Waals surface area contributed by atoms with E-state index in [4.69, 9.17) is 20.3 Å². The maximum atomic E-state index is 12.2. The number of pyridine rings is 1. The lowest BCUT2D eigenvalue weighted by Gasteiger charge is -2.17. The second kappa shape index (κ2) is 11.1. The van der Waals surface area contributed by atoms with Gasteiger partial charge in [-0.05, 0) is 37.1 Å².